The van der Waals surface area contributed by atoms with Gasteiger partial charge in [0.1, 0.15) is 0 Å². The predicted molar refractivity (Wildman–Crippen MR) is 260 cm³/mol. The fourth-order valence-corrected chi connectivity index (χ4v) is 9.12. The Morgan fingerprint density at radius 3 is 1.41 bits per heavy atom. The van der Waals surface area contributed by atoms with Crippen LogP contribution in [0.2, 0.25) is 0 Å². The number of hydrogen-bond donors (Lipinski definition) is 0. The third-order valence-corrected chi connectivity index (χ3v) is 12.1. The Morgan fingerprint density at radius 1 is 0.286 bits per heavy atom. The molecule has 9 aromatic carbocycles. The molecule has 0 unspecified atom stereocenters. The Labute approximate surface area is 364 Å². The van der Waals surface area contributed by atoms with Gasteiger partial charge < -0.3 is 4.57 Å². The summed E-state index contributed by atoms with van der Waals surface area (Å²) in [5.74, 6) is 1.92. The molecule has 0 fully saturated rings. The molecule has 0 atom stereocenters. The SMILES string of the molecule is c1ccc(-c2nc(-c3ccccc3)nc(-c3ccc(-c4cccc(-c5nc6ccccc6c6c(-c7ccccc7-n7c8ccccc8c8ccccc87)cccc56)c4)cc3)n2)cc1. The summed E-state index contributed by atoms with van der Waals surface area (Å²) in [5, 5.41) is 5.90. The molecule has 0 saturated heterocycles. The van der Waals surface area contributed by atoms with Gasteiger partial charge >= 0.3 is 0 Å². The smallest absolute Gasteiger partial charge is 0.164 e. The molecule has 3 aromatic heterocycles. The maximum absolute atomic E-state index is 5.39. The normalized spacial score (nSPS) is 11.5. The van der Waals surface area contributed by atoms with E-state index >= 15 is 0 Å². The number of hydrogen-bond acceptors (Lipinski definition) is 4. The van der Waals surface area contributed by atoms with Crippen molar-refractivity contribution in [3.8, 4) is 73.4 Å². The zero-order chi connectivity index (χ0) is 41.7. The average Bonchev–Trinajstić information content (AvgIpc) is 3.70. The van der Waals surface area contributed by atoms with Crippen LogP contribution in [0.25, 0.3) is 117 Å². The van der Waals surface area contributed by atoms with Crippen LogP contribution < -0.4 is 0 Å². The first-order valence-corrected chi connectivity index (χ1v) is 21.2. The molecule has 0 aliphatic rings. The molecule has 0 radical (unpaired) electrons. The Morgan fingerprint density at radius 2 is 0.746 bits per heavy atom. The van der Waals surface area contributed by atoms with Crippen molar-refractivity contribution < 1.29 is 0 Å². The predicted octanol–water partition coefficient (Wildman–Crippen LogP) is 14.7. The van der Waals surface area contributed by atoms with Crippen molar-refractivity contribution in [2.45, 2.75) is 0 Å². The molecule has 12 aromatic rings. The maximum Gasteiger partial charge on any atom is 0.164 e. The molecule has 0 aliphatic carbocycles. The summed E-state index contributed by atoms with van der Waals surface area (Å²) < 4.78 is 2.42. The Balaban J connectivity index is 0.973. The van der Waals surface area contributed by atoms with Gasteiger partial charge in [0.05, 0.1) is 27.9 Å². The topological polar surface area (TPSA) is 56.5 Å². The van der Waals surface area contributed by atoms with E-state index in [0.717, 1.165) is 66.6 Å². The number of rotatable bonds is 7. The molecule has 294 valence electrons. The lowest BCUT2D eigenvalue weighted by Crippen LogP contribution is -2.00. The minimum absolute atomic E-state index is 0.630. The Bertz CT molecular complexity index is 3560. The van der Waals surface area contributed by atoms with Crippen LogP contribution in [0.15, 0.2) is 224 Å². The van der Waals surface area contributed by atoms with E-state index < -0.39 is 0 Å². The molecule has 12 rings (SSSR count). The van der Waals surface area contributed by atoms with Crippen LogP contribution in [0.5, 0.6) is 0 Å². The summed E-state index contributed by atoms with van der Waals surface area (Å²) in [5.41, 5.74) is 13.8. The van der Waals surface area contributed by atoms with Gasteiger partial charge in [-0.15, -0.1) is 0 Å². The zero-order valence-corrected chi connectivity index (χ0v) is 34.1. The van der Waals surface area contributed by atoms with Crippen LogP contribution in [-0.4, -0.2) is 24.5 Å². The third-order valence-electron chi connectivity index (χ3n) is 12.1. The number of nitrogens with zero attached hydrogens (tertiary/aromatic N) is 5. The standard InChI is InChI=1S/C58H37N5/c1-3-17-39(18-4-1)56-60-57(40-19-5-2-6-20-40)62-58(61-56)41-35-33-38(34-36-41)42-21-15-22-43(37-42)55-49-28-16-27-47(54(49)48-26-7-11-29-50(48)59-55)46-25-10-14-32-53(46)63-51-30-12-8-23-44(51)45-24-9-13-31-52(45)63/h1-37H. The molecule has 63 heavy (non-hydrogen) atoms. The summed E-state index contributed by atoms with van der Waals surface area (Å²) in [6.45, 7) is 0. The first-order chi connectivity index (χ1) is 31.2. The number of para-hydroxylation sites is 4. The van der Waals surface area contributed by atoms with E-state index in [-0.39, 0.29) is 0 Å². The van der Waals surface area contributed by atoms with E-state index in [4.69, 9.17) is 19.9 Å². The highest BCUT2D eigenvalue weighted by Crippen LogP contribution is 2.43. The van der Waals surface area contributed by atoms with Crippen LogP contribution >= 0.6 is 0 Å². The second-order valence-electron chi connectivity index (χ2n) is 15.8. The first kappa shape index (κ1) is 36.3. The van der Waals surface area contributed by atoms with Crippen molar-refractivity contribution in [1.82, 2.24) is 24.5 Å². The van der Waals surface area contributed by atoms with Gasteiger partial charge in [0.25, 0.3) is 0 Å². The van der Waals surface area contributed by atoms with Gasteiger partial charge in [0.15, 0.2) is 17.5 Å². The maximum atomic E-state index is 5.39. The summed E-state index contributed by atoms with van der Waals surface area (Å²) >= 11 is 0. The second kappa shape index (κ2) is 15.2. The monoisotopic (exact) mass is 803 g/mol. The minimum Gasteiger partial charge on any atom is -0.309 e. The van der Waals surface area contributed by atoms with Gasteiger partial charge in [0, 0.05) is 54.7 Å². The molecule has 3 heterocycles. The molecule has 0 spiro atoms. The van der Waals surface area contributed by atoms with Crippen LogP contribution in [0, 0.1) is 0 Å². The molecule has 0 aliphatic heterocycles. The van der Waals surface area contributed by atoms with Gasteiger partial charge in [-0.1, -0.05) is 194 Å². The minimum atomic E-state index is 0.630. The van der Waals surface area contributed by atoms with Crippen LogP contribution in [0.3, 0.4) is 0 Å². The lowest BCUT2D eigenvalue weighted by Gasteiger charge is -2.18. The number of pyridine rings is 1. The van der Waals surface area contributed by atoms with Gasteiger partial charge in [-0.05, 0) is 47.0 Å². The van der Waals surface area contributed by atoms with E-state index in [0.29, 0.717) is 17.5 Å². The highest BCUT2D eigenvalue weighted by atomic mass is 15.0. The fraction of sp³-hybridized carbons (Fsp3) is 0. The van der Waals surface area contributed by atoms with E-state index in [1.807, 2.05) is 60.7 Å². The highest BCUT2D eigenvalue weighted by Gasteiger charge is 2.20. The second-order valence-corrected chi connectivity index (χ2v) is 15.8. The van der Waals surface area contributed by atoms with E-state index in [1.165, 1.54) is 32.8 Å². The number of aromatic nitrogens is 5. The van der Waals surface area contributed by atoms with E-state index in [2.05, 4.69) is 168 Å². The van der Waals surface area contributed by atoms with E-state index in [1.54, 1.807) is 0 Å². The van der Waals surface area contributed by atoms with Gasteiger partial charge in [-0.25, -0.2) is 19.9 Å². The molecule has 0 bridgehead atoms. The van der Waals surface area contributed by atoms with Crippen molar-refractivity contribution in [3.63, 3.8) is 0 Å². The molecular weight excluding hydrogens is 767 g/mol. The van der Waals surface area contributed by atoms with Crippen molar-refractivity contribution in [3.05, 3.63) is 224 Å². The van der Waals surface area contributed by atoms with Crippen molar-refractivity contribution in [1.29, 1.82) is 0 Å². The van der Waals surface area contributed by atoms with Crippen molar-refractivity contribution in [2.75, 3.05) is 0 Å². The highest BCUT2D eigenvalue weighted by molar-refractivity contribution is 6.18. The Kier molecular flexibility index (Phi) is 8.75. The average molecular weight is 804 g/mol. The summed E-state index contributed by atoms with van der Waals surface area (Å²) in [7, 11) is 0. The van der Waals surface area contributed by atoms with E-state index in [9.17, 15) is 0 Å². The molecule has 5 nitrogen and oxygen atoms in total. The first-order valence-electron chi connectivity index (χ1n) is 21.2. The quantitative estimate of drug-likeness (QED) is 0.151. The zero-order valence-electron chi connectivity index (χ0n) is 34.1. The van der Waals surface area contributed by atoms with Crippen LogP contribution in [0.1, 0.15) is 0 Å². The summed E-state index contributed by atoms with van der Waals surface area (Å²) in [6.07, 6.45) is 0. The lowest BCUT2D eigenvalue weighted by atomic mass is 9.91. The van der Waals surface area contributed by atoms with Crippen LogP contribution in [0.4, 0.5) is 0 Å². The van der Waals surface area contributed by atoms with Crippen molar-refractivity contribution >= 4 is 43.5 Å². The lowest BCUT2D eigenvalue weighted by molar-refractivity contribution is 1.07. The molecule has 0 amide bonds. The molecule has 0 N–H and O–H groups in total. The van der Waals surface area contributed by atoms with Crippen LogP contribution in [-0.2, 0) is 0 Å². The number of fused-ring (bicyclic) bond motifs is 6. The van der Waals surface area contributed by atoms with Gasteiger partial charge in [0.2, 0.25) is 0 Å². The van der Waals surface area contributed by atoms with Crippen molar-refractivity contribution in [2.24, 2.45) is 0 Å². The molecule has 0 saturated carbocycles. The molecular formula is C58H37N5. The van der Waals surface area contributed by atoms with Gasteiger partial charge in [-0.2, -0.15) is 0 Å². The molecule has 5 heteroatoms. The number of benzene rings is 9. The fourth-order valence-electron chi connectivity index (χ4n) is 9.12. The third kappa shape index (κ3) is 6.34. The summed E-state index contributed by atoms with van der Waals surface area (Å²) in [4.78, 5) is 20.2. The van der Waals surface area contributed by atoms with Gasteiger partial charge in [-0.3, -0.25) is 0 Å². The summed E-state index contributed by atoms with van der Waals surface area (Å²) in [6, 6.07) is 78.8. The largest absolute Gasteiger partial charge is 0.309 e. The Hall–Kier alpha value is -8.54.